The second-order valence-electron chi connectivity index (χ2n) is 19.2. The number of rotatable bonds is 50. The second-order valence-corrected chi connectivity index (χ2v) is 20.7. The number of hydrogen-bond donors (Lipinski definition) is 1. The lowest BCUT2D eigenvalue weighted by atomic mass is 10.0. The molecule has 0 aliphatic carbocycles. The molecule has 0 aromatic heterocycles. The van der Waals surface area contributed by atoms with Gasteiger partial charge in [-0.15, -0.1) is 0 Å². The molecular formula is C56H105NO7P+. The lowest BCUT2D eigenvalue weighted by molar-refractivity contribution is -0.870. The van der Waals surface area contributed by atoms with Crippen LogP contribution in [0.15, 0.2) is 60.8 Å². The van der Waals surface area contributed by atoms with E-state index >= 15 is 0 Å². The van der Waals surface area contributed by atoms with E-state index < -0.39 is 13.9 Å². The van der Waals surface area contributed by atoms with E-state index in [0.29, 0.717) is 24.1 Å². The Bertz CT molecular complexity index is 1220. The molecule has 0 aliphatic rings. The van der Waals surface area contributed by atoms with Crippen molar-refractivity contribution in [1.82, 2.24) is 0 Å². The van der Waals surface area contributed by atoms with Crippen LogP contribution >= 0.6 is 7.82 Å². The molecule has 65 heavy (non-hydrogen) atoms. The summed E-state index contributed by atoms with van der Waals surface area (Å²) < 4.78 is 35.2. The summed E-state index contributed by atoms with van der Waals surface area (Å²) in [5, 5.41) is 0. The Labute approximate surface area is 402 Å². The molecule has 0 rings (SSSR count). The highest BCUT2D eigenvalue weighted by molar-refractivity contribution is 7.47. The molecule has 0 aliphatic heterocycles. The summed E-state index contributed by atoms with van der Waals surface area (Å²) in [4.78, 5) is 23.0. The molecule has 0 spiro atoms. The van der Waals surface area contributed by atoms with Gasteiger partial charge in [0, 0.05) is 13.0 Å². The predicted octanol–water partition coefficient (Wildman–Crippen LogP) is 16.8. The van der Waals surface area contributed by atoms with Crippen LogP contribution in [0.3, 0.4) is 0 Å². The van der Waals surface area contributed by atoms with Crippen molar-refractivity contribution in [3.8, 4) is 0 Å². The monoisotopic (exact) mass is 935 g/mol. The quantitative estimate of drug-likeness (QED) is 0.0214. The number of carbonyl (C=O) groups excluding carboxylic acids is 1. The zero-order valence-corrected chi connectivity index (χ0v) is 44.1. The molecule has 0 aromatic carbocycles. The normalized spacial score (nSPS) is 14.0. The van der Waals surface area contributed by atoms with Gasteiger partial charge < -0.3 is 18.9 Å². The number of phosphoric acid groups is 1. The van der Waals surface area contributed by atoms with Crippen molar-refractivity contribution in [2.45, 2.75) is 238 Å². The topological polar surface area (TPSA) is 91.3 Å². The van der Waals surface area contributed by atoms with Crippen molar-refractivity contribution >= 4 is 13.8 Å². The summed E-state index contributed by atoms with van der Waals surface area (Å²) in [6.45, 7) is 5.52. The van der Waals surface area contributed by atoms with Crippen molar-refractivity contribution < 1.29 is 37.3 Å². The number of quaternary nitrogens is 1. The molecular weight excluding hydrogens is 830 g/mol. The lowest BCUT2D eigenvalue weighted by Gasteiger charge is -2.24. The molecule has 8 nitrogen and oxygen atoms in total. The first-order valence-electron chi connectivity index (χ1n) is 27.0. The average molecular weight is 935 g/mol. The summed E-state index contributed by atoms with van der Waals surface area (Å²) in [7, 11) is 1.65. The number of ether oxygens (including phenoxy) is 2. The van der Waals surface area contributed by atoms with Crippen LogP contribution in [-0.2, 0) is 27.9 Å². The first-order valence-corrected chi connectivity index (χ1v) is 28.5. The highest BCUT2D eigenvalue weighted by Crippen LogP contribution is 2.43. The van der Waals surface area contributed by atoms with E-state index in [2.05, 4.69) is 74.6 Å². The third-order valence-corrected chi connectivity index (χ3v) is 12.6. The maximum Gasteiger partial charge on any atom is 0.472 e. The molecule has 1 N–H and O–H groups in total. The Hall–Kier alpha value is -1.80. The van der Waals surface area contributed by atoms with E-state index in [1.54, 1.807) is 0 Å². The molecule has 0 heterocycles. The Morgan fingerprint density at radius 1 is 0.492 bits per heavy atom. The van der Waals surface area contributed by atoms with Gasteiger partial charge in [0.2, 0.25) is 0 Å². The van der Waals surface area contributed by atoms with Gasteiger partial charge >= 0.3 is 13.8 Å². The fraction of sp³-hybridized carbons (Fsp3) is 0.804. The van der Waals surface area contributed by atoms with Crippen molar-refractivity contribution in [1.29, 1.82) is 0 Å². The molecule has 0 saturated heterocycles. The molecule has 2 atom stereocenters. The minimum Gasteiger partial charge on any atom is -0.457 e. The standard InChI is InChI=1S/C56H104NO7P/c1-6-8-10-12-14-16-18-20-22-24-26-28-30-32-34-36-38-40-42-44-46-48-51-61-53-55(54-63-65(59,60)62-52-50-57(3,4)5)64-56(58)49-47-45-43-41-39-37-35-33-31-29-27-25-23-21-19-17-15-13-11-9-7-2/h9,11,15,17,21,23,27,29,33,35,55H,6-8,10,12-14,16,18-20,22,24-26,28,30-32,34,36-54H2,1-5H3/p+1/b11-9-,17-15-,23-21-,29-27-,35-33-. The smallest absolute Gasteiger partial charge is 0.457 e. The fourth-order valence-corrected chi connectivity index (χ4v) is 8.21. The third kappa shape index (κ3) is 53.0. The van der Waals surface area contributed by atoms with Crippen LogP contribution in [0.1, 0.15) is 232 Å². The van der Waals surface area contributed by atoms with Gasteiger partial charge in [-0.3, -0.25) is 13.8 Å². The van der Waals surface area contributed by atoms with E-state index in [9.17, 15) is 14.3 Å². The van der Waals surface area contributed by atoms with Crippen molar-refractivity contribution in [3.63, 3.8) is 0 Å². The molecule has 0 amide bonds. The summed E-state index contributed by atoms with van der Waals surface area (Å²) in [6.07, 6.45) is 62.7. The zero-order valence-electron chi connectivity index (χ0n) is 43.2. The second kappa shape index (κ2) is 48.6. The average Bonchev–Trinajstić information content (AvgIpc) is 3.27. The largest absolute Gasteiger partial charge is 0.472 e. The maximum absolute atomic E-state index is 12.8. The Morgan fingerprint density at radius 2 is 0.892 bits per heavy atom. The Balaban J connectivity index is 4.14. The van der Waals surface area contributed by atoms with E-state index in [4.69, 9.17) is 18.5 Å². The number of esters is 1. The summed E-state index contributed by atoms with van der Waals surface area (Å²) >= 11 is 0. The van der Waals surface area contributed by atoms with Crippen LogP contribution in [0.2, 0.25) is 0 Å². The predicted molar refractivity (Wildman–Crippen MR) is 279 cm³/mol. The van der Waals surface area contributed by atoms with Gasteiger partial charge in [0.25, 0.3) is 0 Å². The summed E-state index contributed by atoms with van der Waals surface area (Å²) in [5.74, 6) is -0.330. The molecule has 380 valence electrons. The molecule has 0 aromatic rings. The number of nitrogens with zero attached hydrogens (tertiary/aromatic N) is 1. The van der Waals surface area contributed by atoms with E-state index in [1.807, 2.05) is 21.1 Å². The summed E-state index contributed by atoms with van der Waals surface area (Å²) in [6, 6.07) is 0. The highest BCUT2D eigenvalue weighted by Gasteiger charge is 2.26. The molecule has 0 fully saturated rings. The van der Waals surface area contributed by atoms with E-state index in [0.717, 1.165) is 83.5 Å². The summed E-state index contributed by atoms with van der Waals surface area (Å²) in [5.41, 5.74) is 0. The third-order valence-electron chi connectivity index (χ3n) is 11.6. The molecule has 0 radical (unpaired) electrons. The van der Waals surface area contributed by atoms with Gasteiger partial charge in [0.05, 0.1) is 34.4 Å². The minimum absolute atomic E-state index is 0.0834. The van der Waals surface area contributed by atoms with Gasteiger partial charge in [-0.25, -0.2) is 4.57 Å². The number of allylic oxidation sites excluding steroid dienone is 10. The number of unbranched alkanes of at least 4 members (excludes halogenated alkanes) is 26. The first-order chi connectivity index (χ1) is 31.6. The SMILES string of the molecule is CC/C=C\C/C=C\C/C=C\C/C=C\C/C=C\CCCCCCCC(=O)OC(COCCCCCCCCCCCCCCCCCCCCCCCC)COP(=O)(O)OCC[N+](C)(C)C. The van der Waals surface area contributed by atoms with Crippen LogP contribution in [0.25, 0.3) is 0 Å². The van der Waals surface area contributed by atoms with Crippen LogP contribution in [0.4, 0.5) is 0 Å². The van der Waals surface area contributed by atoms with Crippen molar-refractivity contribution in [2.75, 3.05) is 54.1 Å². The minimum atomic E-state index is -4.29. The van der Waals surface area contributed by atoms with Crippen LogP contribution in [0, 0.1) is 0 Å². The van der Waals surface area contributed by atoms with Crippen LogP contribution < -0.4 is 0 Å². The first kappa shape index (κ1) is 63.2. The number of likely N-dealkylation sites (N-methyl/N-ethyl adjacent to an activating group) is 1. The van der Waals surface area contributed by atoms with E-state index in [-0.39, 0.29) is 25.8 Å². The molecule has 9 heteroatoms. The van der Waals surface area contributed by atoms with Gasteiger partial charge in [0.15, 0.2) is 0 Å². The van der Waals surface area contributed by atoms with Crippen molar-refractivity contribution in [3.05, 3.63) is 60.8 Å². The Morgan fingerprint density at radius 3 is 1.34 bits per heavy atom. The fourth-order valence-electron chi connectivity index (χ4n) is 7.46. The van der Waals surface area contributed by atoms with Gasteiger partial charge in [-0.05, 0) is 57.8 Å². The Kier molecular flexibility index (Phi) is 47.3. The number of phosphoric ester groups is 1. The molecule has 2 unspecified atom stereocenters. The number of hydrogen-bond acceptors (Lipinski definition) is 6. The number of carbonyl (C=O) groups is 1. The van der Waals surface area contributed by atoms with Gasteiger partial charge in [0.1, 0.15) is 19.3 Å². The zero-order chi connectivity index (χ0) is 47.6. The molecule has 0 saturated carbocycles. The van der Waals surface area contributed by atoms with E-state index in [1.165, 1.54) is 128 Å². The lowest BCUT2D eigenvalue weighted by Crippen LogP contribution is -2.37. The maximum atomic E-state index is 12.8. The van der Waals surface area contributed by atoms with Gasteiger partial charge in [-0.1, -0.05) is 229 Å². The van der Waals surface area contributed by atoms with Crippen LogP contribution in [0.5, 0.6) is 0 Å². The van der Waals surface area contributed by atoms with Crippen LogP contribution in [-0.4, -0.2) is 75.6 Å². The van der Waals surface area contributed by atoms with Crippen molar-refractivity contribution in [2.24, 2.45) is 0 Å². The van der Waals surface area contributed by atoms with Gasteiger partial charge in [-0.2, -0.15) is 0 Å². The molecule has 0 bridgehead atoms. The highest BCUT2D eigenvalue weighted by atomic mass is 31.2.